The van der Waals surface area contributed by atoms with Crippen molar-refractivity contribution in [3.8, 4) is 11.5 Å². The number of esters is 1. The highest BCUT2D eigenvalue weighted by molar-refractivity contribution is 9.10. The molecule has 1 aliphatic rings. The number of rotatable bonds is 8. The zero-order valence-electron chi connectivity index (χ0n) is 17.2. The Balaban J connectivity index is 1.85. The second-order valence-electron chi connectivity index (χ2n) is 6.49. The van der Waals surface area contributed by atoms with Crippen molar-refractivity contribution < 1.29 is 28.6 Å². The number of hydrogen-bond donors (Lipinski definition) is 0. The fourth-order valence-electron chi connectivity index (χ4n) is 2.82. The minimum absolute atomic E-state index is 0.193. The zero-order valence-corrected chi connectivity index (χ0v) is 20.4. The van der Waals surface area contributed by atoms with Gasteiger partial charge >= 0.3 is 5.97 Å². The normalized spacial score (nSPS) is 14.8. The van der Waals surface area contributed by atoms with Crippen molar-refractivity contribution in [1.29, 1.82) is 0 Å². The summed E-state index contributed by atoms with van der Waals surface area (Å²) in [5.74, 6) is -0.273. The minimum Gasteiger partial charge on any atom is -0.490 e. The molecule has 2 aromatic rings. The van der Waals surface area contributed by atoms with Crippen molar-refractivity contribution in [2.24, 2.45) is 0 Å². The molecule has 32 heavy (non-hydrogen) atoms. The number of halogens is 2. The summed E-state index contributed by atoms with van der Waals surface area (Å²) in [7, 11) is 1.19. The molecule has 0 bridgehead atoms. The Morgan fingerprint density at radius 1 is 1.22 bits per heavy atom. The number of methoxy groups -OCH3 is 1. The van der Waals surface area contributed by atoms with E-state index in [-0.39, 0.29) is 11.5 Å². The molecule has 0 unspecified atom stereocenters. The Labute approximate surface area is 202 Å². The van der Waals surface area contributed by atoms with Gasteiger partial charge in [0.15, 0.2) is 11.5 Å². The van der Waals surface area contributed by atoms with Gasteiger partial charge in [-0.15, -0.1) is 0 Å². The summed E-state index contributed by atoms with van der Waals surface area (Å²) in [6, 6.07) is 10.8. The fraction of sp³-hybridized carbons (Fsp3) is 0.227. The molecule has 3 rings (SSSR count). The second kappa shape index (κ2) is 10.9. The highest BCUT2D eigenvalue weighted by Crippen LogP contribution is 2.40. The quantitative estimate of drug-likeness (QED) is 0.332. The third-order valence-corrected chi connectivity index (χ3v) is 6.21. The Morgan fingerprint density at radius 2 is 1.97 bits per heavy atom. The first-order valence-electron chi connectivity index (χ1n) is 9.48. The maximum atomic E-state index is 12.6. The molecule has 0 aliphatic carbocycles. The van der Waals surface area contributed by atoms with Crippen LogP contribution in [-0.4, -0.2) is 42.3 Å². The van der Waals surface area contributed by atoms with E-state index in [0.717, 1.165) is 22.2 Å². The summed E-state index contributed by atoms with van der Waals surface area (Å²) in [6.07, 6.45) is 1.56. The van der Waals surface area contributed by atoms with E-state index in [1.807, 2.05) is 25.1 Å². The number of imide groups is 1. The summed E-state index contributed by atoms with van der Waals surface area (Å²) in [5, 5.41) is 0.0660. The van der Waals surface area contributed by atoms with Crippen LogP contribution in [0.3, 0.4) is 0 Å². The van der Waals surface area contributed by atoms with Gasteiger partial charge in [0.25, 0.3) is 11.1 Å². The van der Waals surface area contributed by atoms with Gasteiger partial charge in [-0.3, -0.25) is 19.3 Å². The van der Waals surface area contributed by atoms with E-state index < -0.39 is 23.7 Å². The molecule has 2 amide bonds. The Bertz CT molecular complexity index is 1090. The predicted octanol–water partition coefficient (Wildman–Crippen LogP) is 5.29. The summed E-state index contributed by atoms with van der Waals surface area (Å²) < 4.78 is 16.8. The average molecular weight is 541 g/mol. The smallest absolute Gasteiger partial charge is 0.325 e. The number of ether oxygens (including phenoxy) is 3. The lowest BCUT2D eigenvalue weighted by Crippen LogP contribution is -2.34. The molecule has 1 saturated heterocycles. The van der Waals surface area contributed by atoms with E-state index in [1.54, 1.807) is 24.3 Å². The van der Waals surface area contributed by atoms with Crippen LogP contribution < -0.4 is 9.47 Å². The molecule has 0 atom stereocenters. The van der Waals surface area contributed by atoms with Gasteiger partial charge < -0.3 is 14.2 Å². The fourth-order valence-corrected chi connectivity index (χ4v) is 4.42. The summed E-state index contributed by atoms with van der Waals surface area (Å²) in [4.78, 5) is 37.2. The van der Waals surface area contributed by atoms with E-state index in [0.29, 0.717) is 33.2 Å². The Hall–Kier alpha value is -2.49. The molecule has 0 radical (unpaired) electrons. The van der Waals surface area contributed by atoms with E-state index >= 15 is 0 Å². The van der Waals surface area contributed by atoms with E-state index in [1.165, 1.54) is 7.11 Å². The predicted molar refractivity (Wildman–Crippen MR) is 126 cm³/mol. The van der Waals surface area contributed by atoms with Crippen LogP contribution in [0.4, 0.5) is 4.79 Å². The standard InChI is InChI=1S/C22H19BrClNO6S/c1-3-30-17-9-13(10-18-21(27)25(22(28)32-18)11-19(26)29-2)8-15(23)20(17)31-12-14-6-4-5-7-16(14)24/h4-10H,3,11-12H2,1-2H3/b18-10-. The number of amides is 2. The van der Waals surface area contributed by atoms with E-state index in [4.69, 9.17) is 21.1 Å². The van der Waals surface area contributed by atoms with Crippen LogP contribution >= 0.6 is 39.3 Å². The van der Waals surface area contributed by atoms with E-state index in [2.05, 4.69) is 20.7 Å². The van der Waals surface area contributed by atoms with Crippen LogP contribution in [0, 0.1) is 0 Å². The monoisotopic (exact) mass is 539 g/mol. The Morgan fingerprint density at radius 3 is 2.66 bits per heavy atom. The first-order chi connectivity index (χ1) is 15.3. The van der Waals surface area contributed by atoms with Gasteiger partial charge in [-0.1, -0.05) is 29.8 Å². The number of benzene rings is 2. The highest BCUT2D eigenvalue weighted by atomic mass is 79.9. The van der Waals surface area contributed by atoms with Crippen LogP contribution in [0.2, 0.25) is 5.02 Å². The topological polar surface area (TPSA) is 82.1 Å². The SMILES string of the molecule is CCOc1cc(/C=C2\SC(=O)N(CC(=O)OC)C2=O)cc(Br)c1OCc1ccccc1Cl. The molecule has 0 saturated carbocycles. The van der Waals surface area contributed by atoms with Crippen LogP contribution in [0.1, 0.15) is 18.1 Å². The van der Waals surface area contributed by atoms with Crippen molar-refractivity contribution in [2.45, 2.75) is 13.5 Å². The van der Waals surface area contributed by atoms with Crippen LogP contribution in [0.5, 0.6) is 11.5 Å². The molecule has 1 heterocycles. The second-order valence-corrected chi connectivity index (χ2v) is 8.74. The highest BCUT2D eigenvalue weighted by Gasteiger charge is 2.36. The minimum atomic E-state index is -0.671. The zero-order chi connectivity index (χ0) is 23.3. The van der Waals surface area contributed by atoms with Crippen molar-refractivity contribution >= 4 is 62.5 Å². The molecule has 2 aromatic carbocycles. The molecule has 1 fully saturated rings. The van der Waals surface area contributed by atoms with Crippen molar-refractivity contribution in [3.05, 3.63) is 61.9 Å². The number of hydrogen-bond acceptors (Lipinski definition) is 7. The lowest BCUT2D eigenvalue weighted by molar-refractivity contribution is -0.143. The van der Waals surface area contributed by atoms with Crippen LogP contribution in [-0.2, 0) is 20.9 Å². The number of nitrogens with zero attached hydrogens (tertiary/aromatic N) is 1. The van der Waals surface area contributed by atoms with Gasteiger partial charge in [0.2, 0.25) is 0 Å². The van der Waals surface area contributed by atoms with Crippen LogP contribution in [0.25, 0.3) is 6.08 Å². The van der Waals surface area contributed by atoms with Crippen LogP contribution in [0.15, 0.2) is 45.8 Å². The maximum absolute atomic E-state index is 12.6. The molecule has 10 heteroatoms. The van der Waals surface area contributed by atoms with Crippen molar-refractivity contribution in [3.63, 3.8) is 0 Å². The number of carbonyl (C=O) groups is 3. The summed E-state index contributed by atoms with van der Waals surface area (Å²) in [6.45, 7) is 2.05. The molecular formula is C22H19BrClNO6S. The molecular weight excluding hydrogens is 522 g/mol. The molecule has 1 aliphatic heterocycles. The molecule has 7 nitrogen and oxygen atoms in total. The lowest BCUT2D eigenvalue weighted by atomic mass is 10.1. The summed E-state index contributed by atoms with van der Waals surface area (Å²) in [5.41, 5.74) is 1.45. The third-order valence-electron chi connectivity index (χ3n) is 4.35. The molecule has 0 spiro atoms. The van der Waals surface area contributed by atoms with Crippen molar-refractivity contribution in [1.82, 2.24) is 4.90 Å². The largest absolute Gasteiger partial charge is 0.490 e. The Kier molecular flexibility index (Phi) is 8.22. The van der Waals surface area contributed by atoms with Gasteiger partial charge in [-0.05, 0) is 64.5 Å². The lowest BCUT2D eigenvalue weighted by Gasteiger charge is -2.15. The first-order valence-corrected chi connectivity index (χ1v) is 11.5. The van der Waals surface area contributed by atoms with Crippen molar-refractivity contribution in [2.75, 3.05) is 20.3 Å². The first kappa shape index (κ1) is 24.2. The van der Waals surface area contributed by atoms with E-state index in [9.17, 15) is 14.4 Å². The van der Waals surface area contributed by atoms with Gasteiger partial charge in [0.1, 0.15) is 13.2 Å². The molecule has 0 aromatic heterocycles. The number of thioether (sulfide) groups is 1. The number of carbonyl (C=O) groups excluding carboxylic acids is 3. The summed E-state index contributed by atoms with van der Waals surface area (Å²) >= 11 is 10.5. The van der Waals surface area contributed by atoms with Gasteiger partial charge in [0, 0.05) is 10.6 Å². The van der Waals surface area contributed by atoms with Gasteiger partial charge in [0.05, 0.1) is 23.1 Å². The average Bonchev–Trinajstić information content (AvgIpc) is 3.01. The maximum Gasteiger partial charge on any atom is 0.325 e. The van der Waals surface area contributed by atoms with Gasteiger partial charge in [-0.2, -0.15) is 0 Å². The third kappa shape index (κ3) is 5.65. The molecule has 0 N–H and O–H groups in total. The molecule has 168 valence electrons. The van der Waals surface area contributed by atoms with Gasteiger partial charge in [-0.25, -0.2) is 0 Å².